The number of benzene rings is 1. The van der Waals surface area contributed by atoms with Gasteiger partial charge in [-0.1, -0.05) is 30.3 Å². The van der Waals surface area contributed by atoms with Gasteiger partial charge in [0.1, 0.15) is 12.6 Å². The van der Waals surface area contributed by atoms with Gasteiger partial charge in [0.2, 0.25) is 5.91 Å². The molecule has 28 heavy (non-hydrogen) atoms. The maximum Gasteiger partial charge on any atom is 0.251 e. The van der Waals surface area contributed by atoms with Crippen LogP contribution in [0.5, 0.6) is 0 Å². The number of rotatable bonds is 5. The zero-order valence-corrected chi connectivity index (χ0v) is 15.8. The van der Waals surface area contributed by atoms with E-state index in [0.717, 1.165) is 16.8 Å². The third kappa shape index (κ3) is 4.08. The fourth-order valence-corrected chi connectivity index (χ4v) is 3.69. The molecule has 3 heterocycles. The van der Waals surface area contributed by atoms with E-state index in [1.807, 2.05) is 47.8 Å². The number of thiazole rings is 1. The molecule has 142 valence electrons. The van der Waals surface area contributed by atoms with E-state index < -0.39 is 6.04 Å². The molecule has 1 saturated heterocycles. The van der Waals surface area contributed by atoms with Crippen molar-refractivity contribution in [3.8, 4) is 11.3 Å². The van der Waals surface area contributed by atoms with E-state index in [9.17, 15) is 9.59 Å². The normalized spacial score (nSPS) is 16.8. The minimum Gasteiger partial charge on any atom is -0.369 e. The van der Waals surface area contributed by atoms with Crippen LogP contribution in [0, 0.1) is 0 Å². The molecule has 3 aromatic rings. The molecule has 1 aliphatic rings. The van der Waals surface area contributed by atoms with Gasteiger partial charge in [-0.3, -0.25) is 14.6 Å². The van der Waals surface area contributed by atoms with Crippen molar-refractivity contribution in [1.82, 2.24) is 14.9 Å². The number of morpholine rings is 1. The van der Waals surface area contributed by atoms with Gasteiger partial charge in [-0.15, -0.1) is 11.3 Å². The second-order valence-corrected chi connectivity index (χ2v) is 7.17. The molecule has 1 fully saturated rings. The van der Waals surface area contributed by atoms with Crippen LogP contribution >= 0.6 is 11.3 Å². The average molecular weight is 394 g/mol. The molecule has 0 spiro atoms. The zero-order valence-electron chi connectivity index (χ0n) is 14.9. The number of ether oxygens (including phenoxy) is 1. The highest BCUT2D eigenvalue weighted by Gasteiger charge is 2.34. The minimum atomic E-state index is -0.702. The van der Waals surface area contributed by atoms with Crippen LogP contribution in [0.4, 0.5) is 5.13 Å². The predicted octanol–water partition coefficient (Wildman–Crippen LogP) is 2.57. The summed E-state index contributed by atoms with van der Waals surface area (Å²) < 4.78 is 5.32. The second-order valence-electron chi connectivity index (χ2n) is 6.31. The molecular formula is C20H18N4O3S. The molecular weight excluding hydrogens is 376 g/mol. The maximum atomic E-state index is 12.8. The van der Waals surface area contributed by atoms with E-state index >= 15 is 0 Å². The maximum absolute atomic E-state index is 12.8. The van der Waals surface area contributed by atoms with Crippen molar-refractivity contribution in [2.45, 2.75) is 12.6 Å². The number of nitrogens with one attached hydrogen (secondary N) is 1. The van der Waals surface area contributed by atoms with E-state index in [1.165, 1.54) is 11.3 Å². The third-order valence-corrected chi connectivity index (χ3v) is 5.15. The quantitative estimate of drug-likeness (QED) is 0.719. The Hall–Kier alpha value is -3.10. The molecule has 0 bridgehead atoms. The fraction of sp³-hybridized carbons (Fsp3) is 0.200. The lowest BCUT2D eigenvalue weighted by molar-refractivity contribution is -0.154. The molecule has 1 atom stereocenters. The number of amides is 2. The summed E-state index contributed by atoms with van der Waals surface area (Å²) in [5.41, 5.74) is 2.58. The minimum absolute atomic E-state index is 0.0149. The van der Waals surface area contributed by atoms with Crippen LogP contribution in [0.3, 0.4) is 0 Å². The zero-order chi connectivity index (χ0) is 19.3. The smallest absolute Gasteiger partial charge is 0.251 e. The van der Waals surface area contributed by atoms with Gasteiger partial charge in [0.05, 0.1) is 12.3 Å². The van der Waals surface area contributed by atoms with Crippen LogP contribution in [-0.2, 0) is 20.9 Å². The Morgan fingerprint density at radius 3 is 2.89 bits per heavy atom. The third-order valence-electron chi connectivity index (χ3n) is 4.39. The molecule has 0 radical (unpaired) electrons. The van der Waals surface area contributed by atoms with Crippen molar-refractivity contribution in [2.24, 2.45) is 0 Å². The number of anilines is 1. The molecule has 1 N–H and O–H groups in total. The average Bonchev–Trinajstić information content (AvgIpc) is 3.19. The summed E-state index contributed by atoms with van der Waals surface area (Å²) in [4.78, 5) is 35.3. The summed E-state index contributed by atoms with van der Waals surface area (Å²) >= 11 is 1.33. The van der Waals surface area contributed by atoms with Gasteiger partial charge in [-0.25, -0.2) is 4.98 Å². The molecule has 7 nitrogen and oxygen atoms in total. The molecule has 8 heteroatoms. The van der Waals surface area contributed by atoms with Crippen molar-refractivity contribution in [1.29, 1.82) is 0 Å². The van der Waals surface area contributed by atoms with Crippen LogP contribution in [-0.4, -0.2) is 45.9 Å². The van der Waals surface area contributed by atoms with E-state index in [0.29, 0.717) is 11.7 Å². The monoisotopic (exact) mass is 394 g/mol. The summed E-state index contributed by atoms with van der Waals surface area (Å²) in [6.07, 6.45) is 3.41. The Morgan fingerprint density at radius 2 is 2.11 bits per heavy atom. The molecule has 1 aliphatic heterocycles. The van der Waals surface area contributed by atoms with E-state index in [4.69, 9.17) is 4.74 Å². The Kier molecular flexibility index (Phi) is 5.41. The molecule has 4 rings (SSSR count). The first-order chi connectivity index (χ1) is 13.7. The van der Waals surface area contributed by atoms with Crippen molar-refractivity contribution >= 4 is 28.3 Å². The van der Waals surface area contributed by atoms with Crippen LogP contribution in [0.1, 0.15) is 5.56 Å². The number of aromatic nitrogens is 2. The topological polar surface area (TPSA) is 84.4 Å². The Bertz CT molecular complexity index is 962. The van der Waals surface area contributed by atoms with Crippen LogP contribution in [0.25, 0.3) is 11.3 Å². The van der Waals surface area contributed by atoms with Crippen LogP contribution in [0.2, 0.25) is 0 Å². The molecule has 1 aromatic carbocycles. The SMILES string of the molecule is O=C(Nc1nc(-c2cccnc2)cs1)[C@H]1COCC(=O)N1Cc1ccccc1. The molecule has 0 unspecified atom stereocenters. The summed E-state index contributed by atoms with van der Waals surface area (Å²) in [5, 5.41) is 5.14. The van der Waals surface area contributed by atoms with Crippen molar-refractivity contribution in [3.05, 3.63) is 65.8 Å². The molecule has 2 aromatic heterocycles. The van der Waals surface area contributed by atoms with Gasteiger partial charge in [0.15, 0.2) is 5.13 Å². The number of hydrogen-bond donors (Lipinski definition) is 1. The highest BCUT2D eigenvalue weighted by atomic mass is 32.1. The first-order valence-electron chi connectivity index (χ1n) is 8.78. The van der Waals surface area contributed by atoms with E-state index in [1.54, 1.807) is 17.3 Å². The second kappa shape index (κ2) is 8.28. The lowest BCUT2D eigenvalue weighted by Gasteiger charge is -2.34. The fourth-order valence-electron chi connectivity index (χ4n) is 2.97. The molecule has 0 aliphatic carbocycles. The van der Waals surface area contributed by atoms with Crippen molar-refractivity contribution in [3.63, 3.8) is 0 Å². The first-order valence-corrected chi connectivity index (χ1v) is 9.66. The Morgan fingerprint density at radius 1 is 1.25 bits per heavy atom. The summed E-state index contributed by atoms with van der Waals surface area (Å²) in [5.74, 6) is -0.512. The molecule has 2 amide bonds. The number of nitrogens with zero attached hydrogens (tertiary/aromatic N) is 3. The van der Waals surface area contributed by atoms with Gasteiger partial charge in [0.25, 0.3) is 5.91 Å². The van der Waals surface area contributed by atoms with Crippen LogP contribution in [0.15, 0.2) is 60.2 Å². The highest BCUT2D eigenvalue weighted by Crippen LogP contribution is 2.25. The summed E-state index contributed by atoms with van der Waals surface area (Å²) in [7, 11) is 0. The van der Waals surface area contributed by atoms with Crippen molar-refractivity contribution < 1.29 is 14.3 Å². The van der Waals surface area contributed by atoms with Gasteiger partial charge in [0, 0.05) is 29.9 Å². The number of hydrogen-bond acceptors (Lipinski definition) is 6. The lowest BCUT2D eigenvalue weighted by Crippen LogP contribution is -2.54. The highest BCUT2D eigenvalue weighted by molar-refractivity contribution is 7.14. The first kappa shape index (κ1) is 18.3. The number of carbonyl (C=O) groups is 2. The summed E-state index contributed by atoms with van der Waals surface area (Å²) in [6.45, 7) is 0.504. The van der Waals surface area contributed by atoms with Crippen molar-refractivity contribution in [2.75, 3.05) is 18.5 Å². The molecule has 0 saturated carbocycles. The Labute approximate surface area is 166 Å². The predicted molar refractivity (Wildman–Crippen MR) is 106 cm³/mol. The van der Waals surface area contributed by atoms with Gasteiger partial charge in [-0.05, 0) is 17.7 Å². The van der Waals surface area contributed by atoms with E-state index in [2.05, 4.69) is 15.3 Å². The largest absolute Gasteiger partial charge is 0.369 e. The number of carbonyl (C=O) groups excluding carboxylic acids is 2. The standard InChI is InChI=1S/C20H18N4O3S/c25-18-12-27-11-17(24(18)10-14-5-2-1-3-6-14)19(26)23-20-22-16(13-28-20)15-7-4-8-21-9-15/h1-9,13,17H,10-12H2,(H,22,23,26)/t17-/m1/s1. The van der Waals surface area contributed by atoms with Gasteiger partial charge in [-0.2, -0.15) is 0 Å². The number of pyridine rings is 1. The van der Waals surface area contributed by atoms with Gasteiger partial charge >= 0.3 is 0 Å². The van der Waals surface area contributed by atoms with Gasteiger partial charge < -0.3 is 15.0 Å². The lowest BCUT2D eigenvalue weighted by atomic mass is 10.1. The van der Waals surface area contributed by atoms with E-state index in [-0.39, 0.29) is 25.0 Å². The summed E-state index contributed by atoms with van der Waals surface area (Å²) in [6, 6.07) is 12.6. The van der Waals surface area contributed by atoms with Crippen LogP contribution < -0.4 is 5.32 Å². The Balaban J connectivity index is 1.48.